The van der Waals surface area contributed by atoms with Crippen molar-refractivity contribution in [3.8, 4) is 0 Å². The van der Waals surface area contributed by atoms with Gasteiger partial charge in [0.1, 0.15) is 0 Å². The number of anilines is 1. The number of benzene rings is 3. The Morgan fingerprint density at radius 3 is 2.05 bits per heavy atom. The minimum Gasteiger partial charge on any atom is -0.372 e. The lowest BCUT2D eigenvalue weighted by atomic mass is 9.76. The number of carbonyl (C=O) groups excluding carboxylic acids is 2. The summed E-state index contributed by atoms with van der Waals surface area (Å²) in [7, 11) is -3.27. The van der Waals surface area contributed by atoms with Crippen molar-refractivity contribution >= 4 is 27.8 Å². The molecule has 4 rings (SSSR count). The molecule has 3 aromatic carbocycles. The fourth-order valence-corrected chi connectivity index (χ4v) is 6.61. The Labute approximate surface area is 257 Å². The van der Waals surface area contributed by atoms with Crippen LogP contribution in [0.4, 0.5) is 18.9 Å². The van der Waals surface area contributed by atoms with Gasteiger partial charge in [-0.2, -0.15) is 13.2 Å². The van der Waals surface area contributed by atoms with Crippen LogP contribution < -0.4 is 16.0 Å². The number of nitrogens with two attached hydrogens (primary N) is 1. The molecule has 2 amide bonds. The van der Waals surface area contributed by atoms with Gasteiger partial charge in [-0.3, -0.25) is 9.59 Å². The van der Waals surface area contributed by atoms with Crippen molar-refractivity contribution in [2.75, 3.05) is 17.2 Å². The van der Waals surface area contributed by atoms with Gasteiger partial charge in [0.2, 0.25) is 6.41 Å². The monoisotopic (exact) mass is 631 g/mol. The molecule has 1 heterocycles. The van der Waals surface area contributed by atoms with Gasteiger partial charge in [0.15, 0.2) is 9.84 Å². The standard InChI is InChI=1S/C32H37F3N2O3S.CH3NO/c1-4-31(5-2)20-19-26(24-9-13-27(14-10-24)32(33,34)35)22-37(31)28-15-11-25(12-16-28)30(38)36-21-23-7-17-29(18-8-23)41(39,40)6-3;2-1-3/h7-18,26H,4-6,19-22H2,1-3H3,(H,36,38);1H,(H2,2,3). The molecule has 0 bridgehead atoms. The summed E-state index contributed by atoms with van der Waals surface area (Å²) in [5, 5.41) is 2.89. The predicted octanol–water partition coefficient (Wildman–Crippen LogP) is 6.47. The number of alkyl halides is 3. The van der Waals surface area contributed by atoms with E-state index in [2.05, 4.69) is 29.8 Å². The van der Waals surface area contributed by atoms with E-state index in [-0.39, 0.29) is 41.0 Å². The minimum absolute atomic E-state index is 0.0316. The molecule has 1 fully saturated rings. The Hall–Kier alpha value is -3.86. The molecule has 0 aromatic heterocycles. The molecule has 238 valence electrons. The number of halogens is 3. The summed E-state index contributed by atoms with van der Waals surface area (Å²) in [5.41, 5.74) is 6.65. The second-order valence-corrected chi connectivity index (χ2v) is 13.1. The van der Waals surface area contributed by atoms with Gasteiger partial charge < -0.3 is 16.0 Å². The summed E-state index contributed by atoms with van der Waals surface area (Å²) in [6.07, 6.45) is -0.414. The van der Waals surface area contributed by atoms with E-state index in [1.54, 1.807) is 55.5 Å². The summed E-state index contributed by atoms with van der Waals surface area (Å²) in [5.74, 6) is -0.102. The first-order chi connectivity index (χ1) is 20.8. The molecule has 1 atom stereocenters. The van der Waals surface area contributed by atoms with Gasteiger partial charge >= 0.3 is 6.18 Å². The van der Waals surface area contributed by atoms with E-state index in [1.807, 2.05) is 12.1 Å². The number of nitrogens with one attached hydrogen (secondary N) is 1. The summed E-state index contributed by atoms with van der Waals surface area (Å²) in [6, 6.07) is 19.5. The molecule has 0 saturated carbocycles. The Bertz CT molecular complexity index is 1490. The Morgan fingerprint density at radius 1 is 0.977 bits per heavy atom. The van der Waals surface area contributed by atoms with Crippen molar-refractivity contribution in [2.45, 2.75) is 75.5 Å². The molecule has 44 heavy (non-hydrogen) atoms. The first-order valence-corrected chi connectivity index (χ1v) is 16.3. The molecule has 3 N–H and O–H groups in total. The van der Waals surface area contributed by atoms with Gasteiger partial charge in [0.05, 0.1) is 16.2 Å². The second-order valence-electron chi connectivity index (χ2n) is 10.8. The number of piperidine rings is 1. The van der Waals surface area contributed by atoms with E-state index in [9.17, 15) is 26.4 Å². The van der Waals surface area contributed by atoms with Gasteiger partial charge in [0, 0.05) is 35.8 Å². The SMILES string of the molecule is CCC1(CC)CCC(c2ccc(C(F)(F)F)cc2)CN1c1ccc(C(=O)NCc2ccc(S(=O)(=O)CC)cc2)cc1.NC=O. The number of carbonyl (C=O) groups is 2. The number of sulfone groups is 1. The van der Waals surface area contributed by atoms with Crippen LogP contribution in [0.3, 0.4) is 0 Å². The Morgan fingerprint density at radius 2 is 1.55 bits per heavy atom. The molecule has 11 heteroatoms. The van der Waals surface area contributed by atoms with E-state index in [4.69, 9.17) is 4.79 Å². The van der Waals surface area contributed by atoms with Crippen molar-refractivity contribution in [2.24, 2.45) is 5.73 Å². The third kappa shape index (κ3) is 8.19. The summed E-state index contributed by atoms with van der Waals surface area (Å²) >= 11 is 0. The van der Waals surface area contributed by atoms with Crippen molar-refractivity contribution in [1.29, 1.82) is 0 Å². The summed E-state index contributed by atoms with van der Waals surface area (Å²) in [4.78, 5) is 24.1. The Kier molecular flexibility index (Phi) is 11.6. The van der Waals surface area contributed by atoms with Crippen LogP contribution in [0, 0.1) is 0 Å². The molecule has 7 nitrogen and oxygen atoms in total. The van der Waals surface area contributed by atoms with Gasteiger partial charge in [0.25, 0.3) is 5.91 Å². The highest BCUT2D eigenvalue weighted by Gasteiger charge is 2.40. The number of rotatable bonds is 9. The van der Waals surface area contributed by atoms with Crippen molar-refractivity contribution in [3.63, 3.8) is 0 Å². The average molecular weight is 632 g/mol. The predicted molar refractivity (Wildman–Crippen MR) is 166 cm³/mol. The Balaban J connectivity index is 0.00000169. The minimum atomic E-state index is -4.35. The van der Waals surface area contributed by atoms with Crippen LogP contribution in [0.2, 0.25) is 0 Å². The maximum atomic E-state index is 13.1. The van der Waals surface area contributed by atoms with Crippen LogP contribution >= 0.6 is 0 Å². The van der Waals surface area contributed by atoms with Gasteiger partial charge in [-0.1, -0.05) is 45.0 Å². The molecule has 1 aliphatic rings. The number of amides is 2. The number of hydrogen-bond acceptors (Lipinski definition) is 5. The highest BCUT2D eigenvalue weighted by Crippen LogP contribution is 2.43. The normalized spacial score (nSPS) is 16.4. The van der Waals surface area contributed by atoms with E-state index in [1.165, 1.54) is 0 Å². The molecule has 3 aromatic rings. The molecule has 0 radical (unpaired) electrons. The van der Waals surface area contributed by atoms with E-state index >= 15 is 0 Å². The van der Waals surface area contributed by atoms with E-state index in [0.29, 0.717) is 12.1 Å². The molecular weight excluding hydrogens is 591 g/mol. The highest BCUT2D eigenvalue weighted by atomic mass is 32.2. The highest BCUT2D eigenvalue weighted by molar-refractivity contribution is 7.91. The second kappa shape index (κ2) is 14.7. The van der Waals surface area contributed by atoms with Gasteiger partial charge in [-0.25, -0.2) is 8.42 Å². The maximum Gasteiger partial charge on any atom is 0.416 e. The lowest BCUT2D eigenvalue weighted by Crippen LogP contribution is -2.53. The number of hydrogen-bond donors (Lipinski definition) is 2. The van der Waals surface area contributed by atoms with Crippen LogP contribution in [0.5, 0.6) is 0 Å². The average Bonchev–Trinajstić information content (AvgIpc) is 3.03. The maximum absolute atomic E-state index is 13.1. The molecule has 1 saturated heterocycles. The topological polar surface area (TPSA) is 110 Å². The first-order valence-electron chi connectivity index (χ1n) is 14.6. The van der Waals surface area contributed by atoms with Crippen LogP contribution in [0.1, 0.15) is 79.4 Å². The fourth-order valence-electron chi connectivity index (χ4n) is 5.72. The number of nitrogens with zero attached hydrogens (tertiary/aromatic N) is 1. The van der Waals surface area contributed by atoms with Crippen molar-refractivity contribution in [3.05, 3.63) is 95.1 Å². The number of primary amides is 1. The molecular formula is C33H40F3N3O4S. The van der Waals surface area contributed by atoms with Crippen LogP contribution in [-0.2, 0) is 27.4 Å². The van der Waals surface area contributed by atoms with E-state index < -0.39 is 21.6 Å². The lowest BCUT2D eigenvalue weighted by molar-refractivity contribution is -0.137. The third-order valence-electron chi connectivity index (χ3n) is 8.52. The smallest absolute Gasteiger partial charge is 0.372 e. The molecule has 0 spiro atoms. The lowest BCUT2D eigenvalue weighted by Gasteiger charge is -2.51. The summed E-state index contributed by atoms with van der Waals surface area (Å²) in [6.45, 7) is 6.88. The fraction of sp³-hybridized carbons (Fsp3) is 0.394. The van der Waals surface area contributed by atoms with Crippen LogP contribution in [0.25, 0.3) is 0 Å². The van der Waals surface area contributed by atoms with E-state index in [0.717, 1.165) is 54.6 Å². The summed E-state index contributed by atoms with van der Waals surface area (Å²) < 4.78 is 63.2. The zero-order valence-corrected chi connectivity index (χ0v) is 26.0. The zero-order valence-electron chi connectivity index (χ0n) is 25.2. The van der Waals surface area contributed by atoms with Gasteiger partial charge in [-0.15, -0.1) is 0 Å². The quantitative estimate of drug-likeness (QED) is 0.263. The van der Waals surface area contributed by atoms with Crippen LogP contribution in [-0.4, -0.2) is 38.6 Å². The molecule has 1 unspecified atom stereocenters. The van der Waals surface area contributed by atoms with Crippen LogP contribution in [0.15, 0.2) is 77.7 Å². The first kappa shape index (κ1) is 34.6. The largest absolute Gasteiger partial charge is 0.416 e. The van der Waals surface area contributed by atoms with Crippen molar-refractivity contribution < 1.29 is 31.2 Å². The molecule has 0 aliphatic carbocycles. The zero-order chi connectivity index (χ0) is 32.5. The molecule has 1 aliphatic heterocycles. The van der Waals surface area contributed by atoms with Gasteiger partial charge in [-0.05, 0) is 85.3 Å². The third-order valence-corrected chi connectivity index (χ3v) is 10.3. The van der Waals surface area contributed by atoms with Crippen molar-refractivity contribution in [1.82, 2.24) is 5.32 Å².